The van der Waals surface area contributed by atoms with Crippen molar-refractivity contribution < 1.29 is 8.42 Å². The zero-order chi connectivity index (χ0) is 12.2. The Hall–Kier alpha value is -2.05. The largest absolute Gasteiger partial charge is 0.271 e. The molecule has 0 radical (unpaired) electrons. The van der Waals surface area contributed by atoms with Crippen LogP contribution in [0.15, 0.2) is 24.3 Å². The maximum atomic E-state index is 11.6. The fourth-order valence-electron chi connectivity index (χ4n) is 1.17. The molecule has 0 aliphatic rings. The molecule has 0 bridgehead atoms. The van der Waals surface area contributed by atoms with Crippen LogP contribution in [0.3, 0.4) is 0 Å². The average Bonchev–Trinajstić information content (AvgIpc) is 2.28. The summed E-state index contributed by atoms with van der Waals surface area (Å²) in [4.78, 5) is 0. The van der Waals surface area contributed by atoms with Crippen LogP contribution in [0, 0.1) is 22.7 Å². The number of nitriles is 2. The van der Waals surface area contributed by atoms with E-state index in [1.165, 1.54) is 19.2 Å². The smallest absolute Gasteiger partial charge is 0.248 e. The lowest BCUT2D eigenvalue weighted by Crippen LogP contribution is -2.29. The van der Waals surface area contributed by atoms with Crippen molar-refractivity contribution in [1.82, 2.24) is 0 Å². The van der Waals surface area contributed by atoms with Gasteiger partial charge in [-0.1, -0.05) is 12.1 Å². The molecule has 0 amide bonds. The number of nitrogens with zero attached hydrogens (tertiary/aromatic N) is 3. The third-order valence-corrected chi connectivity index (χ3v) is 3.55. The molecule has 0 saturated carbocycles. The zero-order valence-electron chi connectivity index (χ0n) is 8.58. The Morgan fingerprint density at radius 2 is 1.94 bits per heavy atom. The lowest BCUT2D eigenvalue weighted by Gasteiger charge is -2.18. The number of hydrogen-bond donors (Lipinski definition) is 0. The summed E-state index contributed by atoms with van der Waals surface area (Å²) in [6.07, 6.45) is 0. The zero-order valence-corrected chi connectivity index (χ0v) is 9.40. The van der Waals surface area contributed by atoms with Crippen molar-refractivity contribution in [1.29, 1.82) is 10.5 Å². The molecule has 0 N–H and O–H groups in total. The lowest BCUT2D eigenvalue weighted by atomic mass is 10.2. The Balaban J connectivity index is 3.22. The summed E-state index contributed by atoms with van der Waals surface area (Å²) in [6, 6.07) is 9.81. The second-order valence-electron chi connectivity index (χ2n) is 3.01. The Bertz CT molecular complexity index is 566. The van der Waals surface area contributed by atoms with Gasteiger partial charge in [-0.15, -0.1) is 0 Å². The van der Waals surface area contributed by atoms with Gasteiger partial charge >= 0.3 is 0 Å². The fraction of sp³-hybridized carbons (Fsp3) is 0.200. The molecular weight excluding hydrogens is 226 g/mol. The lowest BCUT2D eigenvalue weighted by molar-refractivity contribution is 0.597. The molecule has 0 unspecified atom stereocenters. The van der Waals surface area contributed by atoms with Crippen molar-refractivity contribution >= 4 is 15.7 Å². The Kier molecular flexibility index (Phi) is 3.49. The maximum Gasteiger partial charge on any atom is 0.248 e. The molecule has 1 rings (SSSR count). The van der Waals surface area contributed by atoms with E-state index in [2.05, 4.69) is 0 Å². The Morgan fingerprint density at radius 1 is 1.31 bits per heavy atom. The highest BCUT2D eigenvalue weighted by Crippen LogP contribution is 2.20. The number of hydrogen-bond acceptors (Lipinski definition) is 4. The van der Waals surface area contributed by atoms with Gasteiger partial charge in [0.25, 0.3) is 0 Å². The van der Waals surface area contributed by atoms with Crippen molar-refractivity contribution in [3.8, 4) is 12.1 Å². The van der Waals surface area contributed by atoms with E-state index in [1.807, 2.05) is 6.07 Å². The minimum absolute atomic E-state index is 0.256. The summed E-state index contributed by atoms with van der Waals surface area (Å²) >= 11 is 0. The number of para-hydroxylation sites is 1. The van der Waals surface area contributed by atoms with Gasteiger partial charge in [-0.05, 0) is 12.1 Å². The first-order chi connectivity index (χ1) is 7.53. The number of benzene rings is 1. The van der Waals surface area contributed by atoms with Crippen molar-refractivity contribution in [3.05, 3.63) is 29.8 Å². The predicted molar refractivity (Wildman–Crippen MR) is 59.0 cm³/mol. The Morgan fingerprint density at radius 3 is 2.50 bits per heavy atom. The first-order valence-electron chi connectivity index (χ1n) is 4.35. The minimum Gasteiger partial charge on any atom is -0.271 e. The predicted octanol–water partition coefficient (Wildman–Crippen LogP) is 0.848. The molecule has 5 nitrogen and oxygen atoms in total. The van der Waals surface area contributed by atoms with Crippen LogP contribution in [-0.2, 0) is 10.0 Å². The highest BCUT2D eigenvalue weighted by atomic mass is 32.2. The van der Waals surface area contributed by atoms with Crippen molar-refractivity contribution in [2.24, 2.45) is 0 Å². The van der Waals surface area contributed by atoms with E-state index in [0.717, 1.165) is 4.31 Å². The molecule has 0 heterocycles. The van der Waals surface area contributed by atoms with Crippen LogP contribution in [-0.4, -0.2) is 21.2 Å². The van der Waals surface area contributed by atoms with Crippen LogP contribution < -0.4 is 4.31 Å². The molecular formula is C10H9N3O2S. The molecule has 0 aromatic heterocycles. The second kappa shape index (κ2) is 4.65. The summed E-state index contributed by atoms with van der Waals surface area (Å²) in [7, 11) is -2.35. The molecule has 0 aliphatic heterocycles. The minimum atomic E-state index is -3.67. The van der Waals surface area contributed by atoms with E-state index in [-0.39, 0.29) is 11.3 Å². The van der Waals surface area contributed by atoms with Gasteiger partial charge < -0.3 is 0 Å². The highest BCUT2D eigenvalue weighted by molar-refractivity contribution is 7.92. The third kappa shape index (κ3) is 2.30. The molecule has 0 saturated heterocycles. The van der Waals surface area contributed by atoms with E-state index >= 15 is 0 Å². The first kappa shape index (κ1) is 12.0. The van der Waals surface area contributed by atoms with Crippen LogP contribution in [0.2, 0.25) is 0 Å². The van der Waals surface area contributed by atoms with Crippen LogP contribution in [0.25, 0.3) is 0 Å². The summed E-state index contributed by atoms with van der Waals surface area (Å²) in [5, 5.41) is 17.2. The SMILES string of the molecule is CN(c1ccccc1C#N)S(=O)(=O)CC#N. The summed E-state index contributed by atoms with van der Waals surface area (Å²) < 4.78 is 24.1. The molecule has 1 aromatic carbocycles. The average molecular weight is 235 g/mol. The van der Waals surface area contributed by atoms with Crippen LogP contribution >= 0.6 is 0 Å². The van der Waals surface area contributed by atoms with Crippen LogP contribution in [0.4, 0.5) is 5.69 Å². The molecule has 82 valence electrons. The van der Waals surface area contributed by atoms with Gasteiger partial charge in [0.15, 0.2) is 5.75 Å². The quantitative estimate of drug-likeness (QED) is 0.777. The Labute approximate surface area is 94.2 Å². The van der Waals surface area contributed by atoms with Gasteiger partial charge in [0.1, 0.15) is 6.07 Å². The second-order valence-corrected chi connectivity index (χ2v) is 5.01. The third-order valence-electron chi connectivity index (χ3n) is 2.03. The fourth-order valence-corrected chi connectivity index (χ4v) is 1.99. The van der Waals surface area contributed by atoms with Gasteiger partial charge in [0.05, 0.1) is 17.3 Å². The molecule has 0 spiro atoms. The summed E-state index contributed by atoms with van der Waals surface area (Å²) in [5.41, 5.74) is 0.534. The summed E-state index contributed by atoms with van der Waals surface area (Å²) in [6.45, 7) is 0. The molecule has 6 heteroatoms. The highest BCUT2D eigenvalue weighted by Gasteiger charge is 2.19. The van der Waals surface area contributed by atoms with E-state index in [1.54, 1.807) is 18.2 Å². The van der Waals surface area contributed by atoms with Crippen molar-refractivity contribution in [2.45, 2.75) is 0 Å². The summed E-state index contributed by atoms with van der Waals surface area (Å²) in [5.74, 6) is -0.608. The van der Waals surface area contributed by atoms with E-state index in [4.69, 9.17) is 10.5 Å². The molecule has 0 fully saturated rings. The van der Waals surface area contributed by atoms with Crippen LogP contribution in [0.1, 0.15) is 5.56 Å². The maximum absolute atomic E-state index is 11.6. The van der Waals surface area contributed by atoms with Gasteiger partial charge in [0, 0.05) is 7.05 Å². The number of anilines is 1. The van der Waals surface area contributed by atoms with E-state index < -0.39 is 15.8 Å². The standard InChI is InChI=1S/C10H9N3O2S/c1-13(16(14,15)7-6-11)10-5-3-2-4-9(10)8-12/h2-5H,7H2,1H3. The molecule has 16 heavy (non-hydrogen) atoms. The van der Waals surface area contributed by atoms with Gasteiger partial charge in [-0.2, -0.15) is 10.5 Å². The number of rotatable bonds is 3. The van der Waals surface area contributed by atoms with E-state index in [9.17, 15) is 8.42 Å². The van der Waals surface area contributed by atoms with Crippen LogP contribution in [0.5, 0.6) is 0 Å². The monoisotopic (exact) mass is 235 g/mol. The first-order valence-corrected chi connectivity index (χ1v) is 5.96. The molecule has 0 aliphatic carbocycles. The van der Waals surface area contributed by atoms with Gasteiger partial charge in [-0.3, -0.25) is 4.31 Å². The molecule has 1 aromatic rings. The van der Waals surface area contributed by atoms with Gasteiger partial charge in [-0.25, -0.2) is 8.42 Å². The van der Waals surface area contributed by atoms with Gasteiger partial charge in [0.2, 0.25) is 10.0 Å². The topological polar surface area (TPSA) is 85.0 Å². The van der Waals surface area contributed by atoms with Crippen molar-refractivity contribution in [2.75, 3.05) is 17.1 Å². The number of sulfonamides is 1. The molecule has 0 atom stereocenters. The van der Waals surface area contributed by atoms with Crippen molar-refractivity contribution in [3.63, 3.8) is 0 Å². The van der Waals surface area contributed by atoms with E-state index in [0.29, 0.717) is 0 Å². The normalized spacial score (nSPS) is 10.2.